The molecule has 1 N–H and O–H groups in total. The molecule has 1 unspecified atom stereocenters. The van der Waals surface area contributed by atoms with Crippen molar-refractivity contribution in [3.05, 3.63) is 47.8 Å². The Morgan fingerprint density at radius 2 is 2.14 bits per heavy atom. The molecule has 6 nitrogen and oxygen atoms in total. The molecule has 1 heterocycles. The molecule has 0 saturated heterocycles. The van der Waals surface area contributed by atoms with Crippen LogP contribution in [0.3, 0.4) is 0 Å². The minimum Gasteiger partial charge on any atom is -0.352 e. The molecule has 22 heavy (non-hydrogen) atoms. The number of hydrogen-bond donors (Lipinski definition) is 1. The van der Waals surface area contributed by atoms with Gasteiger partial charge in [-0.2, -0.15) is 5.10 Å². The van der Waals surface area contributed by atoms with Crippen LogP contribution in [0.4, 0.5) is 0 Å². The third kappa shape index (κ3) is 3.94. The number of aromatic nitrogens is 2. The molecular formula is C15H19N3O3S. The van der Waals surface area contributed by atoms with Crippen LogP contribution in [0.2, 0.25) is 0 Å². The van der Waals surface area contributed by atoms with Crippen LogP contribution in [-0.2, 0) is 28.2 Å². The van der Waals surface area contributed by atoms with E-state index in [-0.39, 0.29) is 23.3 Å². The van der Waals surface area contributed by atoms with Gasteiger partial charge in [-0.1, -0.05) is 12.1 Å². The summed E-state index contributed by atoms with van der Waals surface area (Å²) in [5.74, 6) is -0.440. The van der Waals surface area contributed by atoms with Crippen molar-refractivity contribution in [2.24, 2.45) is 7.05 Å². The van der Waals surface area contributed by atoms with Crippen LogP contribution in [0.1, 0.15) is 24.0 Å². The standard InChI is InChI=1S/C15H19N3O3S/c1-11(13-9-17-18(2)10-13)15(19)16-8-12-5-4-6-14(7-12)22(3,20)21/h4-7,9-11H,8H2,1-3H3,(H,16,19). The van der Waals surface area contributed by atoms with E-state index in [0.29, 0.717) is 0 Å². The number of carbonyl (C=O) groups is 1. The quantitative estimate of drug-likeness (QED) is 0.898. The number of benzene rings is 1. The third-order valence-electron chi connectivity index (χ3n) is 3.41. The average Bonchev–Trinajstić information content (AvgIpc) is 2.90. The Labute approximate surface area is 130 Å². The van der Waals surface area contributed by atoms with Crippen molar-refractivity contribution in [3.8, 4) is 0 Å². The molecule has 7 heteroatoms. The molecule has 1 amide bonds. The first kappa shape index (κ1) is 16.2. The van der Waals surface area contributed by atoms with Crippen molar-refractivity contribution >= 4 is 15.7 Å². The van der Waals surface area contributed by atoms with E-state index in [1.165, 1.54) is 0 Å². The van der Waals surface area contributed by atoms with E-state index in [0.717, 1.165) is 17.4 Å². The summed E-state index contributed by atoms with van der Waals surface area (Å²) in [6, 6.07) is 6.56. The maximum Gasteiger partial charge on any atom is 0.227 e. The number of aryl methyl sites for hydroxylation is 1. The molecule has 0 saturated carbocycles. The van der Waals surface area contributed by atoms with E-state index in [1.54, 1.807) is 55.3 Å². The van der Waals surface area contributed by atoms with Gasteiger partial charge < -0.3 is 5.32 Å². The van der Waals surface area contributed by atoms with Gasteiger partial charge in [0.25, 0.3) is 0 Å². The molecule has 0 aliphatic carbocycles. The van der Waals surface area contributed by atoms with Gasteiger partial charge >= 0.3 is 0 Å². The lowest BCUT2D eigenvalue weighted by molar-refractivity contribution is -0.122. The Bertz CT molecular complexity index is 781. The van der Waals surface area contributed by atoms with E-state index in [1.807, 2.05) is 0 Å². The zero-order valence-corrected chi connectivity index (χ0v) is 13.6. The summed E-state index contributed by atoms with van der Waals surface area (Å²) in [6.07, 6.45) is 4.62. The third-order valence-corrected chi connectivity index (χ3v) is 4.52. The van der Waals surface area contributed by atoms with E-state index < -0.39 is 9.84 Å². The smallest absolute Gasteiger partial charge is 0.227 e. The van der Waals surface area contributed by atoms with E-state index in [9.17, 15) is 13.2 Å². The van der Waals surface area contributed by atoms with Crippen LogP contribution < -0.4 is 5.32 Å². The molecule has 0 aliphatic rings. The molecule has 0 bridgehead atoms. The summed E-state index contributed by atoms with van der Waals surface area (Å²) in [5, 5.41) is 6.86. The molecule has 0 fully saturated rings. The van der Waals surface area contributed by atoms with Gasteiger partial charge in [0, 0.05) is 31.6 Å². The fraction of sp³-hybridized carbons (Fsp3) is 0.333. The Kier molecular flexibility index (Phi) is 4.65. The largest absolute Gasteiger partial charge is 0.352 e. The molecule has 2 rings (SSSR count). The van der Waals surface area contributed by atoms with Crippen LogP contribution in [0.15, 0.2) is 41.6 Å². The first-order valence-corrected chi connectivity index (χ1v) is 8.72. The number of rotatable bonds is 5. The Morgan fingerprint density at radius 1 is 1.41 bits per heavy atom. The lowest BCUT2D eigenvalue weighted by atomic mass is 10.0. The highest BCUT2D eigenvalue weighted by atomic mass is 32.2. The van der Waals surface area contributed by atoms with Gasteiger partial charge in [0.1, 0.15) is 0 Å². The van der Waals surface area contributed by atoms with E-state index in [4.69, 9.17) is 0 Å². The Morgan fingerprint density at radius 3 is 2.73 bits per heavy atom. The van der Waals surface area contributed by atoms with Crippen LogP contribution >= 0.6 is 0 Å². The normalized spacial score (nSPS) is 12.9. The summed E-state index contributed by atoms with van der Waals surface area (Å²) < 4.78 is 24.7. The first-order valence-electron chi connectivity index (χ1n) is 6.82. The number of nitrogens with one attached hydrogen (secondary N) is 1. The Hall–Kier alpha value is -2.15. The second kappa shape index (κ2) is 6.31. The van der Waals surface area contributed by atoms with Crippen LogP contribution in [0.5, 0.6) is 0 Å². The van der Waals surface area contributed by atoms with Crippen molar-refractivity contribution in [1.82, 2.24) is 15.1 Å². The summed E-state index contributed by atoms with van der Waals surface area (Å²) in [4.78, 5) is 12.4. The molecular weight excluding hydrogens is 302 g/mol. The molecule has 0 aliphatic heterocycles. The number of carbonyl (C=O) groups excluding carboxylic acids is 1. The monoisotopic (exact) mass is 321 g/mol. The van der Waals surface area contributed by atoms with Crippen molar-refractivity contribution in [1.29, 1.82) is 0 Å². The minimum atomic E-state index is -3.24. The molecule has 1 atom stereocenters. The molecule has 0 spiro atoms. The number of nitrogens with zero attached hydrogens (tertiary/aromatic N) is 2. The topological polar surface area (TPSA) is 81.1 Å². The highest BCUT2D eigenvalue weighted by Gasteiger charge is 2.16. The fourth-order valence-electron chi connectivity index (χ4n) is 2.04. The predicted molar refractivity (Wildman–Crippen MR) is 83.0 cm³/mol. The summed E-state index contributed by atoms with van der Waals surface area (Å²) in [6.45, 7) is 2.09. The molecule has 1 aromatic carbocycles. The van der Waals surface area contributed by atoms with Crippen molar-refractivity contribution in [2.45, 2.75) is 24.3 Å². The zero-order valence-electron chi connectivity index (χ0n) is 12.8. The van der Waals surface area contributed by atoms with Crippen LogP contribution in [0.25, 0.3) is 0 Å². The summed E-state index contributed by atoms with van der Waals surface area (Å²) in [7, 11) is -1.45. The van der Waals surface area contributed by atoms with Gasteiger partial charge in [-0.25, -0.2) is 8.42 Å². The zero-order chi connectivity index (χ0) is 16.3. The fourth-order valence-corrected chi connectivity index (χ4v) is 2.73. The Balaban J connectivity index is 2.02. The SMILES string of the molecule is CC(C(=O)NCc1cccc(S(C)(=O)=O)c1)c1cnn(C)c1. The second-order valence-electron chi connectivity index (χ2n) is 5.31. The van der Waals surface area contributed by atoms with Crippen molar-refractivity contribution in [2.75, 3.05) is 6.26 Å². The van der Waals surface area contributed by atoms with Gasteiger partial charge in [0.05, 0.1) is 17.0 Å². The molecule has 118 valence electrons. The molecule has 2 aromatic rings. The maximum absolute atomic E-state index is 12.1. The van der Waals surface area contributed by atoms with Gasteiger partial charge in [-0.15, -0.1) is 0 Å². The van der Waals surface area contributed by atoms with E-state index >= 15 is 0 Å². The maximum atomic E-state index is 12.1. The van der Waals surface area contributed by atoms with Crippen LogP contribution in [0, 0.1) is 0 Å². The van der Waals surface area contributed by atoms with Crippen molar-refractivity contribution in [3.63, 3.8) is 0 Å². The van der Waals surface area contributed by atoms with Gasteiger partial charge in [0.15, 0.2) is 9.84 Å². The summed E-state index contributed by atoms with van der Waals surface area (Å²) in [5.41, 5.74) is 1.58. The second-order valence-corrected chi connectivity index (χ2v) is 7.32. The lowest BCUT2D eigenvalue weighted by Gasteiger charge is -2.11. The molecule has 0 radical (unpaired) electrons. The van der Waals surface area contributed by atoms with Gasteiger partial charge in [0.2, 0.25) is 5.91 Å². The highest BCUT2D eigenvalue weighted by Crippen LogP contribution is 2.15. The highest BCUT2D eigenvalue weighted by molar-refractivity contribution is 7.90. The van der Waals surface area contributed by atoms with Gasteiger partial charge in [-0.05, 0) is 24.6 Å². The summed E-state index contributed by atoms with van der Waals surface area (Å²) >= 11 is 0. The van der Waals surface area contributed by atoms with Crippen LogP contribution in [-0.4, -0.2) is 30.4 Å². The number of hydrogen-bond acceptors (Lipinski definition) is 4. The molecule has 1 aromatic heterocycles. The van der Waals surface area contributed by atoms with Crippen molar-refractivity contribution < 1.29 is 13.2 Å². The number of amides is 1. The van der Waals surface area contributed by atoms with E-state index in [2.05, 4.69) is 10.4 Å². The average molecular weight is 321 g/mol. The number of sulfone groups is 1. The predicted octanol–water partition coefficient (Wildman–Crippen LogP) is 1.24. The first-order chi connectivity index (χ1) is 10.3. The van der Waals surface area contributed by atoms with Gasteiger partial charge in [-0.3, -0.25) is 9.48 Å². The lowest BCUT2D eigenvalue weighted by Crippen LogP contribution is -2.27. The minimum absolute atomic E-state index is 0.127.